The molecule has 0 aliphatic heterocycles. The fourth-order valence-corrected chi connectivity index (χ4v) is 2.45. The van der Waals surface area contributed by atoms with E-state index in [9.17, 15) is 0 Å². The molecule has 0 aliphatic carbocycles. The molecule has 0 atom stereocenters. The minimum Gasteiger partial charge on any atom is -0.547 e. The third-order valence-corrected chi connectivity index (χ3v) is 3.35. The Labute approximate surface area is 121 Å². The maximum Gasteiger partial charge on any atom is 0.229 e. The molecule has 0 N–H and O–H groups in total. The first kappa shape index (κ1) is 14.4. The molecule has 0 aliphatic rings. The van der Waals surface area contributed by atoms with Crippen molar-refractivity contribution in [2.45, 2.75) is 26.6 Å². The number of rotatable bonds is 5. The molecule has 0 saturated heterocycles. The maximum atomic E-state index is 5.90. The number of hydrogen-bond donors (Lipinski definition) is 0. The zero-order valence-corrected chi connectivity index (χ0v) is 13.2. The summed E-state index contributed by atoms with van der Waals surface area (Å²) in [5.41, 5.74) is 2.78. The fraction of sp³-hybridized carbons (Fsp3) is 0.267. The van der Waals surface area contributed by atoms with Gasteiger partial charge in [-0.3, -0.25) is 15.0 Å². The van der Waals surface area contributed by atoms with E-state index in [1.807, 2.05) is 31.2 Å². The van der Waals surface area contributed by atoms with Crippen LogP contribution in [0.15, 0.2) is 41.7 Å². The van der Waals surface area contributed by atoms with Crippen molar-refractivity contribution in [3.05, 3.63) is 53.6 Å². The SMILES string of the molecule is Cc1cnc(C=NCc2ccccc2O[SiH](C)C)cn1. The van der Waals surface area contributed by atoms with E-state index in [0.717, 1.165) is 22.7 Å². The summed E-state index contributed by atoms with van der Waals surface area (Å²) in [5.74, 6) is 0.946. The summed E-state index contributed by atoms with van der Waals surface area (Å²) < 4.78 is 5.90. The van der Waals surface area contributed by atoms with Crippen molar-refractivity contribution < 1.29 is 4.43 Å². The van der Waals surface area contributed by atoms with Crippen LogP contribution in [-0.2, 0) is 6.54 Å². The van der Waals surface area contributed by atoms with Crippen LogP contribution in [-0.4, -0.2) is 25.2 Å². The van der Waals surface area contributed by atoms with Gasteiger partial charge in [-0.05, 0) is 26.1 Å². The lowest BCUT2D eigenvalue weighted by atomic mass is 10.2. The van der Waals surface area contributed by atoms with Gasteiger partial charge in [0.1, 0.15) is 5.75 Å². The molecule has 1 aromatic carbocycles. The van der Waals surface area contributed by atoms with E-state index >= 15 is 0 Å². The predicted octanol–water partition coefficient (Wildman–Crippen LogP) is 2.77. The van der Waals surface area contributed by atoms with Gasteiger partial charge in [0.15, 0.2) is 0 Å². The zero-order valence-electron chi connectivity index (χ0n) is 12.1. The van der Waals surface area contributed by atoms with E-state index in [0.29, 0.717) is 6.54 Å². The maximum absolute atomic E-state index is 5.90. The lowest BCUT2D eigenvalue weighted by Crippen LogP contribution is -2.12. The van der Waals surface area contributed by atoms with E-state index in [-0.39, 0.29) is 0 Å². The van der Waals surface area contributed by atoms with E-state index < -0.39 is 9.04 Å². The molecule has 1 aromatic heterocycles. The summed E-state index contributed by atoms with van der Waals surface area (Å²) in [4.78, 5) is 12.9. The Morgan fingerprint density at radius 1 is 1.20 bits per heavy atom. The smallest absolute Gasteiger partial charge is 0.229 e. The van der Waals surface area contributed by atoms with Crippen molar-refractivity contribution >= 4 is 15.3 Å². The molecule has 0 radical (unpaired) electrons. The highest BCUT2D eigenvalue weighted by atomic mass is 28.3. The highest BCUT2D eigenvalue weighted by Crippen LogP contribution is 2.19. The first-order valence-corrected chi connectivity index (χ1v) is 9.46. The molecule has 2 rings (SSSR count). The van der Waals surface area contributed by atoms with Gasteiger partial charge < -0.3 is 4.43 Å². The predicted molar refractivity (Wildman–Crippen MR) is 84.0 cm³/mol. The van der Waals surface area contributed by atoms with Gasteiger partial charge in [0.2, 0.25) is 9.04 Å². The van der Waals surface area contributed by atoms with Crippen molar-refractivity contribution in [3.63, 3.8) is 0 Å². The van der Waals surface area contributed by atoms with Gasteiger partial charge in [-0.15, -0.1) is 0 Å². The Kier molecular flexibility index (Phi) is 5.01. The third-order valence-electron chi connectivity index (χ3n) is 2.62. The highest BCUT2D eigenvalue weighted by molar-refractivity contribution is 6.49. The number of nitrogens with zero attached hydrogens (tertiary/aromatic N) is 3. The molecular weight excluding hydrogens is 266 g/mol. The van der Waals surface area contributed by atoms with Crippen LogP contribution < -0.4 is 4.43 Å². The molecular formula is C15H19N3OSi. The Bertz CT molecular complexity index is 582. The second-order valence-corrected chi connectivity index (χ2v) is 7.16. The molecule has 104 valence electrons. The Morgan fingerprint density at radius 2 is 2.00 bits per heavy atom. The van der Waals surface area contributed by atoms with Crippen LogP contribution in [0.5, 0.6) is 5.75 Å². The van der Waals surface area contributed by atoms with Crippen LogP contribution in [0.25, 0.3) is 0 Å². The highest BCUT2D eigenvalue weighted by Gasteiger charge is 2.04. The molecule has 0 saturated carbocycles. The molecule has 5 heteroatoms. The Hall–Kier alpha value is -2.01. The van der Waals surface area contributed by atoms with Gasteiger partial charge in [0.25, 0.3) is 0 Å². The number of aryl methyl sites for hydroxylation is 1. The lowest BCUT2D eigenvalue weighted by molar-refractivity contribution is 0.572. The van der Waals surface area contributed by atoms with Gasteiger partial charge in [-0.1, -0.05) is 18.2 Å². The van der Waals surface area contributed by atoms with Crippen LogP contribution in [0.3, 0.4) is 0 Å². The summed E-state index contributed by atoms with van der Waals surface area (Å²) in [5, 5.41) is 0. The fourth-order valence-electron chi connectivity index (χ4n) is 1.71. The van der Waals surface area contributed by atoms with Crippen LogP contribution in [0.2, 0.25) is 13.1 Å². The summed E-state index contributed by atoms with van der Waals surface area (Å²) in [7, 11) is -1.10. The number of benzene rings is 1. The molecule has 0 bridgehead atoms. The van der Waals surface area contributed by atoms with Crippen molar-refractivity contribution in [3.8, 4) is 5.75 Å². The quantitative estimate of drug-likeness (QED) is 0.627. The zero-order chi connectivity index (χ0) is 14.4. The van der Waals surface area contributed by atoms with Gasteiger partial charge in [0.05, 0.1) is 24.1 Å². The van der Waals surface area contributed by atoms with Crippen molar-refractivity contribution in [1.29, 1.82) is 0 Å². The second-order valence-electron chi connectivity index (χ2n) is 4.83. The number of aromatic nitrogens is 2. The van der Waals surface area contributed by atoms with Gasteiger partial charge in [-0.25, -0.2) is 0 Å². The first-order valence-electron chi connectivity index (χ1n) is 6.68. The van der Waals surface area contributed by atoms with E-state index in [4.69, 9.17) is 4.43 Å². The Balaban J connectivity index is 2.05. The molecule has 20 heavy (non-hydrogen) atoms. The Morgan fingerprint density at radius 3 is 2.70 bits per heavy atom. The molecule has 1 heterocycles. The molecule has 0 unspecified atom stereocenters. The van der Waals surface area contributed by atoms with Gasteiger partial charge in [0, 0.05) is 18.0 Å². The number of hydrogen-bond acceptors (Lipinski definition) is 4. The molecule has 0 amide bonds. The number of para-hydroxylation sites is 1. The van der Waals surface area contributed by atoms with Gasteiger partial charge in [-0.2, -0.15) is 0 Å². The van der Waals surface area contributed by atoms with E-state index in [1.54, 1.807) is 18.6 Å². The third kappa shape index (κ3) is 4.27. The first-order chi connectivity index (χ1) is 9.65. The molecule has 2 aromatic rings. The summed E-state index contributed by atoms with van der Waals surface area (Å²) in [6, 6.07) is 8.05. The monoisotopic (exact) mass is 285 g/mol. The molecule has 0 fully saturated rings. The standard InChI is InChI=1S/C15H19N3OSi/c1-12-8-18-14(11-17-12)10-16-9-13-6-4-5-7-15(13)19-20(2)3/h4-8,10-11,20H,9H2,1-3H3. The van der Waals surface area contributed by atoms with Crippen LogP contribution in [0.4, 0.5) is 0 Å². The van der Waals surface area contributed by atoms with E-state index in [2.05, 4.69) is 28.1 Å². The average molecular weight is 285 g/mol. The topological polar surface area (TPSA) is 47.4 Å². The lowest BCUT2D eigenvalue weighted by Gasteiger charge is -2.12. The van der Waals surface area contributed by atoms with Crippen LogP contribution in [0, 0.1) is 6.92 Å². The van der Waals surface area contributed by atoms with Crippen molar-refractivity contribution in [2.24, 2.45) is 4.99 Å². The summed E-state index contributed by atoms with van der Waals surface area (Å²) >= 11 is 0. The average Bonchev–Trinajstić information content (AvgIpc) is 2.42. The molecule has 4 nitrogen and oxygen atoms in total. The summed E-state index contributed by atoms with van der Waals surface area (Å²) in [6.45, 7) is 6.81. The normalized spacial score (nSPS) is 11.2. The van der Waals surface area contributed by atoms with E-state index in [1.165, 1.54) is 0 Å². The minimum atomic E-state index is -1.10. The van der Waals surface area contributed by atoms with Crippen LogP contribution >= 0.6 is 0 Å². The number of aliphatic imine (C=N–C) groups is 1. The van der Waals surface area contributed by atoms with Crippen molar-refractivity contribution in [2.75, 3.05) is 0 Å². The minimum absolute atomic E-state index is 0.590. The second kappa shape index (κ2) is 6.95. The van der Waals surface area contributed by atoms with Crippen molar-refractivity contribution in [1.82, 2.24) is 9.97 Å². The van der Waals surface area contributed by atoms with Crippen LogP contribution in [0.1, 0.15) is 17.0 Å². The summed E-state index contributed by atoms with van der Waals surface area (Å²) in [6.07, 6.45) is 5.21. The molecule has 0 spiro atoms. The van der Waals surface area contributed by atoms with Gasteiger partial charge >= 0.3 is 0 Å². The largest absolute Gasteiger partial charge is 0.547 e.